The fourth-order valence-corrected chi connectivity index (χ4v) is 5.64. The lowest BCUT2D eigenvalue weighted by Crippen LogP contribution is -2.28. The monoisotopic (exact) mass is 409 g/mol. The van der Waals surface area contributed by atoms with Gasteiger partial charge in [0.25, 0.3) is 0 Å². The minimum Gasteiger partial charge on any atom is -0.454 e. The maximum absolute atomic E-state index is 12.9. The van der Waals surface area contributed by atoms with Gasteiger partial charge in [-0.3, -0.25) is 0 Å². The molecule has 2 heterocycles. The molecule has 0 spiro atoms. The lowest BCUT2D eigenvalue weighted by atomic mass is 9.98. The molecule has 1 fully saturated rings. The van der Waals surface area contributed by atoms with E-state index in [9.17, 15) is 8.42 Å². The van der Waals surface area contributed by atoms with E-state index in [4.69, 9.17) is 9.47 Å². The zero-order chi connectivity index (χ0) is 16.7. The van der Waals surface area contributed by atoms with Gasteiger partial charge in [-0.25, -0.2) is 8.42 Å². The van der Waals surface area contributed by atoms with Gasteiger partial charge < -0.3 is 9.47 Å². The molecule has 24 heavy (non-hydrogen) atoms. The van der Waals surface area contributed by atoms with Gasteiger partial charge in [-0.15, -0.1) is 0 Å². The van der Waals surface area contributed by atoms with Crippen LogP contribution in [0.1, 0.15) is 17.9 Å². The van der Waals surface area contributed by atoms with Gasteiger partial charge in [-0.2, -0.15) is 4.31 Å². The predicted octanol–water partition coefficient (Wildman–Crippen LogP) is 3.36. The first-order valence-corrected chi connectivity index (χ1v) is 9.93. The van der Waals surface area contributed by atoms with Crippen molar-refractivity contribution in [2.75, 3.05) is 19.9 Å². The van der Waals surface area contributed by atoms with Crippen LogP contribution >= 0.6 is 15.9 Å². The van der Waals surface area contributed by atoms with E-state index in [2.05, 4.69) is 15.9 Å². The lowest BCUT2D eigenvalue weighted by molar-refractivity contribution is 0.174. The van der Waals surface area contributed by atoms with E-state index >= 15 is 0 Å². The third-order valence-corrected chi connectivity index (χ3v) is 7.35. The van der Waals surface area contributed by atoms with Gasteiger partial charge in [-0.05, 0) is 58.1 Å². The van der Waals surface area contributed by atoms with E-state index in [0.29, 0.717) is 22.5 Å². The Morgan fingerprint density at radius 2 is 1.88 bits per heavy atom. The van der Waals surface area contributed by atoms with E-state index in [1.807, 2.05) is 24.3 Å². The second-order valence-electron chi connectivity index (χ2n) is 5.89. The van der Waals surface area contributed by atoms with Crippen LogP contribution in [0, 0.1) is 0 Å². The summed E-state index contributed by atoms with van der Waals surface area (Å²) in [6, 6.07) is 12.8. The van der Waals surface area contributed by atoms with Crippen molar-refractivity contribution in [1.82, 2.24) is 4.31 Å². The highest BCUT2D eigenvalue weighted by atomic mass is 79.9. The molecule has 0 aromatic heterocycles. The Morgan fingerprint density at radius 3 is 2.71 bits per heavy atom. The summed E-state index contributed by atoms with van der Waals surface area (Å²) < 4.78 is 38.6. The molecule has 126 valence electrons. The normalized spacial score (nSPS) is 20.5. The van der Waals surface area contributed by atoms with Gasteiger partial charge in [0.1, 0.15) is 0 Å². The molecule has 0 unspecified atom stereocenters. The zero-order valence-electron chi connectivity index (χ0n) is 12.8. The van der Waals surface area contributed by atoms with Crippen molar-refractivity contribution in [1.29, 1.82) is 0 Å². The quantitative estimate of drug-likeness (QED) is 0.779. The number of hydrogen-bond acceptors (Lipinski definition) is 4. The molecule has 0 aliphatic carbocycles. The number of fused-ring (bicyclic) bond motifs is 1. The smallest absolute Gasteiger partial charge is 0.244 e. The van der Waals surface area contributed by atoms with E-state index in [0.717, 1.165) is 23.5 Å². The molecule has 2 aromatic carbocycles. The molecule has 1 atom stereocenters. The van der Waals surface area contributed by atoms with Crippen LogP contribution < -0.4 is 9.47 Å². The molecule has 0 amide bonds. The summed E-state index contributed by atoms with van der Waals surface area (Å²) in [5.41, 5.74) is 1.09. The minimum atomic E-state index is -3.49. The fourth-order valence-electron chi connectivity index (χ4n) is 3.18. The molecule has 7 heteroatoms. The van der Waals surface area contributed by atoms with E-state index in [1.165, 1.54) is 0 Å². The second kappa shape index (κ2) is 6.06. The summed E-state index contributed by atoms with van der Waals surface area (Å²) in [6.07, 6.45) is 0.795. The Morgan fingerprint density at radius 1 is 1.08 bits per heavy atom. The summed E-state index contributed by atoms with van der Waals surface area (Å²) in [5.74, 6) is 1.64. The molecule has 4 rings (SSSR count). The standard InChI is InChI=1S/C17H16BrNO4S/c18-14-3-1-2-4-17(14)24(20,21)19-8-7-13(10-19)12-5-6-15-16(9-12)23-11-22-15/h1-6,9,13H,7-8,10-11H2/t13-/m1/s1. The Balaban J connectivity index is 1.57. The number of halogens is 1. The number of ether oxygens (including phenoxy) is 2. The lowest BCUT2D eigenvalue weighted by Gasteiger charge is -2.17. The van der Waals surface area contributed by atoms with E-state index in [1.54, 1.807) is 22.5 Å². The average molecular weight is 410 g/mol. The highest BCUT2D eigenvalue weighted by Crippen LogP contribution is 2.38. The van der Waals surface area contributed by atoms with Gasteiger partial charge >= 0.3 is 0 Å². The number of hydrogen-bond donors (Lipinski definition) is 0. The average Bonchev–Trinajstić information content (AvgIpc) is 3.24. The number of benzene rings is 2. The molecule has 2 aliphatic heterocycles. The number of rotatable bonds is 3. The van der Waals surface area contributed by atoms with Crippen molar-refractivity contribution in [3.8, 4) is 11.5 Å². The Kier molecular flexibility index (Phi) is 4.02. The number of sulfonamides is 1. The first-order valence-electron chi connectivity index (χ1n) is 7.70. The minimum absolute atomic E-state index is 0.164. The highest BCUT2D eigenvalue weighted by molar-refractivity contribution is 9.10. The summed E-state index contributed by atoms with van der Waals surface area (Å²) in [7, 11) is -3.49. The zero-order valence-corrected chi connectivity index (χ0v) is 15.2. The van der Waals surface area contributed by atoms with Gasteiger partial charge in [0, 0.05) is 17.6 Å². The SMILES string of the molecule is O=S(=O)(c1ccccc1Br)N1CC[C@@H](c2ccc3c(c2)OCO3)C1. The van der Waals surface area contributed by atoms with Crippen molar-refractivity contribution >= 4 is 26.0 Å². The summed E-state index contributed by atoms with van der Waals surface area (Å²) in [6.45, 7) is 1.23. The van der Waals surface area contributed by atoms with Gasteiger partial charge in [-0.1, -0.05) is 18.2 Å². The van der Waals surface area contributed by atoms with Gasteiger partial charge in [0.2, 0.25) is 16.8 Å². The van der Waals surface area contributed by atoms with Crippen LogP contribution in [0.4, 0.5) is 0 Å². The van der Waals surface area contributed by atoms with Crippen molar-refractivity contribution in [2.24, 2.45) is 0 Å². The third-order valence-electron chi connectivity index (χ3n) is 4.47. The summed E-state index contributed by atoms with van der Waals surface area (Å²) in [5, 5.41) is 0. The molecule has 2 aromatic rings. The first kappa shape index (κ1) is 15.9. The molecule has 5 nitrogen and oxygen atoms in total. The summed E-state index contributed by atoms with van der Waals surface area (Å²) in [4.78, 5) is 0.316. The molecule has 0 radical (unpaired) electrons. The van der Waals surface area contributed by atoms with Crippen LogP contribution in [-0.2, 0) is 10.0 Å². The Bertz CT molecular complexity index is 884. The van der Waals surface area contributed by atoms with Crippen molar-refractivity contribution in [3.63, 3.8) is 0 Å². The molecule has 0 bridgehead atoms. The molecule has 1 saturated heterocycles. The largest absolute Gasteiger partial charge is 0.454 e. The van der Waals surface area contributed by atoms with Crippen LogP contribution in [0.15, 0.2) is 51.8 Å². The van der Waals surface area contributed by atoms with Gasteiger partial charge in [0.05, 0.1) is 4.90 Å². The maximum atomic E-state index is 12.9. The predicted molar refractivity (Wildman–Crippen MR) is 92.8 cm³/mol. The molecule has 2 aliphatic rings. The van der Waals surface area contributed by atoms with Crippen LogP contribution in [0.2, 0.25) is 0 Å². The van der Waals surface area contributed by atoms with Gasteiger partial charge in [0.15, 0.2) is 11.5 Å². The Labute approximate surface area is 149 Å². The van der Waals surface area contributed by atoms with Crippen molar-refractivity contribution in [3.05, 3.63) is 52.5 Å². The van der Waals surface area contributed by atoms with Crippen molar-refractivity contribution < 1.29 is 17.9 Å². The van der Waals surface area contributed by atoms with Crippen LogP contribution in [0.5, 0.6) is 11.5 Å². The molecule has 0 saturated carbocycles. The molecule has 0 N–H and O–H groups in total. The third kappa shape index (κ3) is 2.70. The highest BCUT2D eigenvalue weighted by Gasteiger charge is 2.34. The number of nitrogens with zero attached hydrogens (tertiary/aromatic N) is 1. The second-order valence-corrected chi connectivity index (χ2v) is 8.65. The fraction of sp³-hybridized carbons (Fsp3) is 0.294. The summed E-state index contributed by atoms with van der Waals surface area (Å²) >= 11 is 3.34. The Hall–Kier alpha value is -1.57. The van der Waals surface area contributed by atoms with Crippen LogP contribution in [0.25, 0.3) is 0 Å². The first-order chi connectivity index (χ1) is 11.6. The molecular weight excluding hydrogens is 394 g/mol. The van der Waals surface area contributed by atoms with Crippen LogP contribution in [-0.4, -0.2) is 32.6 Å². The van der Waals surface area contributed by atoms with Crippen LogP contribution in [0.3, 0.4) is 0 Å². The van der Waals surface area contributed by atoms with E-state index < -0.39 is 10.0 Å². The maximum Gasteiger partial charge on any atom is 0.244 e. The molecular formula is C17H16BrNO4S. The van der Waals surface area contributed by atoms with Crippen molar-refractivity contribution in [2.45, 2.75) is 17.2 Å². The van der Waals surface area contributed by atoms with E-state index in [-0.39, 0.29) is 12.7 Å². The topological polar surface area (TPSA) is 55.8 Å².